The maximum Gasteiger partial charge on any atom is 0.294 e. The number of nitriles is 1. The first-order valence-corrected chi connectivity index (χ1v) is 6.69. The van der Waals surface area contributed by atoms with E-state index < -0.39 is 22.2 Å². The van der Waals surface area contributed by atoms with Crippen molar-refractivity contribution in [3.05, 3.63) is 29.8 Å². The first-order valence-electron chi connectivity index (χ1n) is 5.25. The Morgan fingerprint density at radius 3 is 2.16 bits per heavy atom. The molecule has 0 unspecified atom stereocenters. The van der Waals surface area contributed by atoms with Gasteiger partial charge in [-0.05, 0) is 19.1 Å². The zero-order valence-corrected chi connectivity index (χ0v) is 10.9. The van der Waals surface area contributed by atoms with Crippen LogP contribution in [0.2, 0.25) is 0 Å². The number of aryl methyl sites for hydroxylation is 1. The number of nitrogens with two attached hydrogens (primary N) is 1. The predicted molar refractivity (Wildman–Crippen MR) is 66.5 cm³/mol. The van der Waals surface area contributed by atoms with Crippen LogP contribution >= 0.6 is 0 Å². The van der Waals surface area contributed by atoms with Gasteiger partial charge in [-0.3, -0.25) is 9.35 Å². The number of carbonyl (C=O) groups is 1. The number of β-lactam (4-membered cyclic amide) rings is 1. The third-order valence-corrected chi connectivity index (χ3v) is 3.29. The van der Waals surface area contributed by atoms with Crippen molar-refractivity contribution < 1.29 is 17.8 Å². The summed E-state index contributed by atoms with van der Waals surface area (Å²) >= 11 is 0. The van der Waals surface area contributed by atoms with Gasteiger partial charge in [-0.2, -0.15) is 13.7 Å². The minimum absolute atomic E-state index is 0.0666. The molecule has 19 heavy (non-hydrogen) atoms. The second-order valence-corrected chi connectivity index (χ2v) is 5.35. The molecule has 1 aliphatic heterocycles. The van der Waals surface area contributed by atoms with Crippen LogP contribution in [-0.4, -0.2) is 31.0 Å². The van der Waals surface area contributed by atoms with Gasteiger partial charge in [0.05, 0.1) is 11.0 Å². The Bertz CT molecular complexity index is 604. The topological polar surface area (TPSA) is 133 Å². The lowest BCUT2D eigenvalue weighted by Gasteiger charge is -2.27. The second-order valence-electron chi connectivity index (χ2n) is 3.93. The molecule has 1 aromatic carbocycles. The predicted octanol–water partition coefficient (Wildman–Crippen LogP) is -0.423. The fourth-order valence-corrected chi connectivity index (χ4v) is 1.70. The van der Waals surface area contributed by atoms with Crippen molar-refractivity contribution in [2.45, 2.75) is 23.9 Å². The van der Waals surface area contributed by atoms with Crippen LogP contribution in [-0.2, 0) is 14.9 Å². The highest BCUT2D eigenvalue weighted by Gasteiger charge is 2.35. The highest BCUT2D eigenvalue weighted by atomic mass is 32.2. The summed E-state index contributed by atoms with van der Waals surface area (Å²) in [5.74, 6) is -0.239. The minimum atomic E-state index is -4.02. The Balaban J connectivity index is 0.000000200. The van der Waals surface area contributed by atoms with E-state index in [0.29, 0.717) is 0 Å². The lowest BCUT2D eigenvalue weighted by Crippen LogP contribution is -2.65. The molecular formula is C11H13N3O4S. The van der Waals surface area contributed by atoms with Gasteiger partial charge in [0.25, 0.3) is 10.1 Å². The van der Waals surface area contributed by atoms with Crippen LogP contribution in [0.4, 0.5) is 0 Å². The van der Waals surface area contributed by atoms with E-state index in [0.717, 1.165) is 5.56 Å². The van der Waals surface area contributed by atoms with Gasteiger partial charge >= 0.3 is 0 Å². The van der Waals surface area contributed by atoms with Gasteiger partial charge in [0.2, 0.25) is 5.91 Å². The van der Waals surface area contributed by atoms with Crippen LogP contribution in [0, 0.1) is 18.3 Å². The van der Waals surface area contributed by atoms with Crippen LogP contribution in [0.15, 0.2) is 29.2 Å². The molecule has 1 aliphatic rings. The van der Waals surface area contributed by atoms with Gasteiger partial charge < -0.3 is 11.1 Å². The molecule has 0 bridgehead atoms. The largest absolute Gasteiger partial charge is 0.337 e. The first kappa shape index (κ1) is 15.1. The zero-order chi connectivity index (χ0) is 14.6. The van der Waals surface area contributed by atoms with Crippen LogP contribution in [0.25, 0.3) is 0 Å². The highest BCUT2D eigenvalue weighted by molar-refractivity contribution is 7.85. The molecule has 8 heteroatoms. The SMILES string of the molecule is Cc1ccc(S(=O)(=O)O)cc1.N#C[C@@H]1NC(=O)[C@H]1N. The smallest absolute Gasteiger partial charge is 0.294 e. The number of nitrogens with one attached hydrogen (secondary N) is 1. The van der Waals surface area contributed by atoms with Crippen LogP contribution in [0.1, 0.15) is 5.56 Å². The van der Waals surface area contributed by atoms with Gasteiger partial charge in [0.1, 0.15) is 12.1 Å². The lowest BCUT2D eigenvalue weighted by atomic mass is 10.0. The monoisotopic (exact) mass is 283 g/mol. The van der Waals surface area contributed by atoms with E-state index in [9.17, 15) is 13.2 Å². The fraction of sp³-hybridized carbons (Fsp3) is 0.273. The van der Waals surface area contributed by atoms with Crippen LogP contribution in [0.5, 0.6) is 0 Å². The van der Waals surface area contributed by atoms with Gasteiger partial charge in [0, 0.05) is 0 Å². The molecule has 7 nitrogen and oxygen atoms in total. The van der Waals surface area contributed by atoms with E-state index in [4.69, 9.17) is 15.5 Å². The van der Waals surface area contributed by atoms with E-state index in [-0.39, 0.29) is 10.8 Å². The maximum absolute atomic E-state index is 10.5. The van der Waals surface area contributed by atoms with Crippen molar-refractivity contribution in [1.82, 2.24) is 5.32 Å². The van der Waals surface area contributed by atoms with E-state index in [1.54, 1.807) is 12.1 Å². The molecule has 2 atom stereocenters. The number of carbonyl (C=O) groups excluding carboxylic acids is 1. The first-order chi connectivity index (χ1) is 8.75. The summed E-state index contributed by atoms with van der Waals surface area (Å²) in [5, 5.41) is 10.4. The van der Waals surface area contributed by atoms with E-state index in [2.05, 4.69) is 5.32 Å². The molecule has 1 amide bonds. The molecule has 0 aromatic heterocycles. The molecule has 1 saturated heterocycles. The Labute approximate surface area is 110 Å². The number of hydrogen-bond acceptors (Lipinski definition) is 5. The van der Waals surface area contributed by atoms with E-state index >= 15 is 0 Å². The molecule has 1 heterocycles. The molecular weight excluding hydrogens is 270 g/mol. The fourth-order valence-electron chi connectivity index (χ4n) is 1.22. The molecule has 0 saturated carbocycles. The number of nitrogens with zero attached hydrogens (tertiary/aromatic N) is 1. The van der Waals surface area contributed by atoms with E-state index in [1.165, 1.54) is 12.1 Å². The summed E-state index contributed by atoms with van der Waals surface area (Å²) in [6.07, 6.45) is 0. The lowest BCUT2D eigenvalue weighted by molar-refractivity contribution is -0.128. The zero-order valence-electron chi connectivity index (χ0n) is 10.1. The Kier molecular flexibility index (Phi) is 4.61. The number of amides is 1. The van der Waals surface area contributed by atoms with Crippen LogP contribution in [0.3, 0.4) is 0 Å². The third-order valence-electron chi connectivity index (χ3n) is 2.42. The number of rotatable bonds is 1. The molecule has 102 valence electrons. The molecule has 2 rings (SSSR count). The number of benzene rings is 1. The summed E-state index contributed by atoms with van der Waals surface area (Å²) in [5.41, 5.74) is 6.10. The molecule has 1 aromatic rings. The van der Waals surface area contributed by atoms with Gasteiger partial charge in [-0.15, -0.1) is 0 Å². The van der Waals surface area contributed by atoms with Crippen molar-refractivity contribution in [3.63, 3.8) is 0 Å². The second kappa shape index (κ2) is 5.79. The molecule has 0 spiro atoms. The van der Waals surface area contributed by atoms with Gasteiger partial charge in [-0.25, -0.2) is 0 Å². The Morgan fingerprint density at radius 2 is 1.89 bits per heavy atom. The summed E-state index contributed by atoms with van der Waals surface area (Å²) < 4.78 is 29.6. The van der Waals surface area contributed by atoms with Crippen molar-refractivity contribution in [2.24, 2.45) is 5.73 Å². The van der Waals surface area contributed by atoms with Crippen LogP contribution < -0.4 is 11.1 Å². The quantitative estimate of drug-likeness (QED) is 0.473. The standard InChI is InChI=1S/C7H8O3S.C4H5N3O/c1-6-2-4-7(5-3-6)11(8,9)10;5-1-2-3(6)4(8)7-2/h2-5H,1H3,(H,8,9,10);2-3H,6H2,(H,7,8)/t;2-,3-/m.0/s1. The average molecular weight is 283 g/mol. The van der Waals surface area contributed by atoms with E-state index in [1.807, 2.05) is 13.0 Å². The summed E-state index contributed by atoms with van der Waals surface area (Å²) in [7, 11) is -4.02. The van der Waals surface area contributed by atoms with Gasteiger partial charge in [-0.1, -0.05) is 17.7 Å². The highest BCUT2D eigenvalue weighted by Crippen LogP contribution is 2.08. The molecule has 0 aliphatic carbocycles. The van der Waals surface area contributed by atoms with Crippen molar-refractivity contribution in [1.29, 1.82) is 5.26 Å². The third kappa shape index (κ3) is 4.03. The van der Waals surface area contributed by atoms with Crippen molar-refractivity contribution >= 4 is 16.0 Å². The average Bonchev–Trinajstić information content (AvgIpc) is 2.35. The molecule has 1 fully saturated rings. The van der Waals surface area contributed by atoms with Crippen molar-refractivity contribution in [3.8, 4) is 6.07 Å². The number of hydrogen-bond donors (Lipinski definition) is 3. The Morgan fingerprint density at radius 1 is 1.37 bits per heavy atom. The normalized spacial score (nSPS) is 21.3. The van der Waals surface area contributed by atoms with Gasteiger partial charge in [0.15, 0.2) is 0 Å². The summed E-state index contributed by atoms with van der Waals surface area (Å²) in [4.78, 5) is 10.1. The molecule has 4 N–H and O–H groups in total. The maximum atomic E-state index is 10.5. The minimum Gasteiger partial charge on any atom is -0.337 e. The van der Waals surface area contributed by atoms with Crippen molar-refractivity contribution in [2.75, 3.05) is 0 Å². The summed E-state index contributed by atoms with van der Waals surface area (Å²) in [6, 6.07) is 6.76. The Hall–Kier alpha value is -1.95. The molecule has 0 radical (unpaired) electrons. The summed E-state index contributed by atoms with van der Waals surface area (Å²) in [6.45, 7) is 1.84.